The molecule has 1 unspecified atom stereocenters. The number of rotatable bonds is 2. The zero-order valence-electron chi connectivity index (χ0n) is 9.73. The summed E-state index contributed by atoms with van der Waals surface area (Å²) in [5.41, 5.74) is 2.83. The maximum Gasteiger partial charge on any atom is 0.334 e. The van der Waals surface area contributed by atoms with Gasteiger partial charge < -0.3 is 9.64 Å². The second-order valence-electron chi connectivity index (χ2n) is 4.16. The Hall–Kier alpha value is -1.77. The van der Waals surface area contributed by atoms with Crippen molar-refractivity contribution < 1.29 is 9.53 Å². The molecule has 0 fully saturated rings. The summed E-state index contributed by atoms with van der Waals surface area (Å²) in [5.74, 6) is -0.221. The first-order chi connectivity index (χ1) is 7.58. The number of carbonyl (C=O) groups excluding carboxylic acids is 1. The van der Waals surface area contributed by atoms with Crippen LogP contribution in [0.4, 0.5) is 5.69 Å². The Balaban J connectivity index is 2.20. The fourth-order valence-corrected chi connectivity index (χ4v) is 1.66. The van der Waals surface area contributed by atoms with Gasteiger partial charge in [0.15, 0.2) is 0 Å². The Morgan fingerprint density at radius 1 is 1.19 bits per heavy atom. The van der Waals surface area contributed by atoms with Crippen molar-refractivity contribution in [2.45, 2.75) is 13.0 Å². The molecule has 0 bridgehead atoms. The highest BCUT2D eigenvalue weighted by Gasteiger charge is 2.23. The van der Waals surface area contributed by atoms with Crippen molar-refractivity contribution in [3.05, 3.63) is 41.5 Å². The standard InChI is InChI=1S/C13H15NO2/c1-9-8-12(16-13(9)15)10-4-6-11(7-5-10)14(2)3/h4-8,12H,1-3H3. The first-order valence-electron chi connectivity index (χ1n) is 5.24. The highest BCUT2D eigenvalue weighted by atomic mass is 16.5. The van der Waals surface area contributed by atoms with E-state index in [0.29, 0.717) is 5.57 Å². The van der Waals surface area contributed by atoms with Crippen molar-refractivity contribution in [3.8, 4) is 0 Å². The molecule has 1 aromatic carbocycles. The van der Waals surface area contributed by atoms with Crippen LogP contribution in [0.2, 0.25) is 0 Å². The molecule has 0 radical (unpaired) electrons. The van der Waals surface area contributed by atoms with E-state index in [2.05, 4.69) is 0 Å². The predicted molar refractivity (Wildman–Crippen MR) is 63.4 cm³/mol. The quantitative estimate of drug-likeness (QED) is 0.712. The first kappa shape index (κ1) is 10.7. The Morgan fingerprint density at radius 2 is 1.81 bits per heavy atom. The van der Waals surface area contributed by atoms with Crippen LogP contribution in [0.5, 0.6) is 0 Å². The molecule has 0 spiro atoms. The molecule has 0 N–H and O–H groups in total. The van der Waals surface area contributed by atoms with Crippen LogP contribution < -0.4 is 4.90 Å². The van der Waals surface area contributed by atoms with Crippen LogP contribution in [-0.4, -0.2) is 20.1 Å². The monoisotopic (exact) mass is 217 g/mol. The molecule has 1 heterocycles. The van der Waals surface area contributed by atoms with Crippen LogP contribution in [-0.2, 0) is 9.53 Å². The summed E-state index contributed by atoms with van der Waals surface area (Å²) in [6.07, 6.45) is 1.64. The van der Waals surface area contributed by atoms with Crippen LogP contribution in [0.1, 0.15) is 18.6 Å². The molecule has 3 heteroatoms. The van der Waals surface area contributed by atoms with E-state index in [0.717, 1.165) is 11.3 Å². The van der Waals surface area contributed by atoms with E-state index in [-0.39, 0.29) is 12.1 Å². The SMILES string of the molecule is CC1=CC(c2ccc(N(C)C)cc2)OC1=O. The van der Waals surface area contributed by atoms with Gasteiger partial charge in [0, 0.05) is 25.4 Å². The third kappa shape index (κ3) is 1.94. The first-order valence-corrected chi connectivity index (χ1v) is 5.24. The van der Waals surface area contributed by atoms with Gasteiger partial charge in [-0.05, 0) is 30.7 Å². The minimum atomic E-state index is -0.221. The summed E-state index contributed by atoms with van der Waals surface area (Å²) in [5, 5.41) is 0. The number of carbonyl (C=O) groups is 1. The summed E-state index contributed by atoms with van der Waals surface area (Å²) in [4.78, 5) is 13.3. The van der Waals surface area contributed by atoms with E-state index in [1.165, 1.54) is 0 Å². The Morgan fingerprint density at radius 3 is 2.25 bits per heavy atom. The summed E-state index contributed by atoms with van der Waals surface area (Å²) < 4.78 is 5.21. The van der Waals surface area contributed by atoms with Crippen LogP contribution in [0.15, 0.2) is 35.9 Å². The Labute approximate surface area is 95.3 Å². The van der Waals surface area contributed by atoms with Crippen molar-refractivity contribution in [2.75, 3.05) is 19.0 Å². The molecule has 0 saturated carbocycles. The third-order valence-corrected chi connectivity index (χ3v) is 2.70. The lowest BCUT2D eigenvalue weighted by Gasteiger charge is -2.14. The molecule has 1 aliphatic rings. The zero-order valence-corrected chi connectivity index (χ0v) is 9.73. The van der Waals surface area contributed by atoms with Crippen molar-refractivity contribution in [1.82, 2.24) is 0 Å². The van der Waals surface area contributed by atoms with E-state index in [9.17, 15) is 4.79 Å². The molecule has 1 atom stereocenters. The molecule has 1 aromatic rings. The molecule has 3 nitrogen and oxygen atoms in total. The van der Waals surface area contributed by atoms with E-state index >= 15 is 0 Å². The molecule has 0 saturated heterocycles. The maximum absolute atomic E-state index is 11.2. The molecule has 84 valence electrons. The van der Waals surface area contributed by atoms with E-state index < -0.39 is 0 Å². The summed E-state index contributed by atoms with van der Waals surface area (Å²) in [6, 6.07) is 8.01. The fraction of sp³-hybridized carbons (Fsp3) is 0.308. The van der Waals surface area contributed by atoms with E-state index in [4.69, 9.17) is 4.74 Å². The molecule has 1 aliphatic heterocycles. The molecule has 16 heavy (non-hydrogen) atoms. The van der Waals surface area contributed by atoms with Gasteiger partial charge in [0.05, 0.1) is 0 Å². The van der Waals surface area contributed by atoms with Gasteiger partial charge in [-0.2, -0.15) is 0 Å². The maximum atomic E-state index is 11.2. The van der Waals surface area contributed by atoms with Gasteiger partial charge in [0.1, 0.15) is 6.10 Å². The number of ether oxygens (including phenoxy) is 1. The zero-order chi connectivity index (χ0) is 11.7. The number of hydrogen-bond acceptors (Lipinski definition) is 3. The smallest absolute Gasteiger partial charge is 0.334 e. The average molecular weight is 217 g/mol. The number of anilines is 1. The number of esters is 1. The molecule has 0 aliphatic carbocycles. The van der Waals surface area contributed by atoms with E-state index in [1.807, 2.05) is 49.3 Å². The molecule has 0 aromatic heterocycles. The minimum absolute atomic E-state index is 0.219. The Kier molecular flexibility index (Phi) is 2.69. The minimum Gasteiger partial charge on any atom is -0.450 e. The van der Waals surface area contributed by atoms with Crippen molar-refractivity contribution in [3.63, 3.8) is 0 Å². The van der Waals surface area contributed by atoms with Crippen LogP contribution >= 0.6 is 0 Å². The number of benzene rings is 1. The fourth-order valence-electron chi connectivity index (χ4n) is 1.66. The van der Waals surface area contributed by atoms with Gasteiger partial charge in [0.25, 0.3) is 0 Å². The number of hydrogen-bond donors (Lipinski definition) is 0. The van der Waals surface area contributed by atoms with Crippen molar-refractivity contribution >= 4 is 11.7 Å². The van der Waals surface area contributed by atoms with Crippen LogP contribution in [0.25, 0.3) is 0 Å². The van der Waals surface area contributed by atoms with Crippen molar-refractivity contribution in [1.29, 1.82) is 0 Å². The number of nitrogens with zero attached hydrogens (tertiary/aromatic N) is 1. The highest BCUT2D eigenvalue weighted by Crippen LogP contribution is 2.28. The normalized spacial score (nSPS) is 19.3. The highest BCUT2D eigenvalue weighted by molar-refractivity contribution is 5.90. The molecule has 2 rings (SSSR count). The van der Waals surface area contributed by atoms with Crippen LogP contribution in [0, 0.1) is 0 Å². The van der Waals surface area contributed by atoms with E-state index in [1.54, 1.807) is 6.92 Å². The van der Waals surface area contributed by atoms with Gasteiger partial charge in [0.2, 0.25) is 0 Å². The molecular formula is C13H15NO2. The average Bonchev–Trinajstić information content (AvgIpc) is 2.59. The lowest BCUT2D eigenvalue weighted by Crippen LogP contribution is -2.08. The molecule has 0 amide bonds. The molecular weight excluding hydrogens is 202 g/mol. The van der Waals surface area contributed by atoms with Gasteiger partial charge in [-0.1, -0.05) is 12.1 Å². The topological polar surface area (TPSA) is 29.5 Å². The van der Waals surface area contributed by atoms with Crippen LogP contribution in [0.3, 0.4) is 0 Å². The number of cyclic esters (lactones) is 1. The predicted octanol–water partition coefficient (Wildman–Crippen LogP) is 2.30. The Bertz CT molecular complexity index is 432. The summed E-state index contributed by atoms with van der Waals surface area (Å²) in [7, 11) is 3.99. The largest absolute Gasteiger partial charge is 0.450 e. The van der Waals surface area contributed by atoms with Crippen molar-refractivity contribution in [2.24, 2.45) is 0 Å². The third-order valence-electron chi connectivity index (χ3n) is 2.70. The second kappa shape index (κ2) is 4.00. The van der Waals surface area contributed by atoms with Gasteiger partial charge in [-0.3, -0.25) is 0 Å². The lowest BCUT2D eigenvalue weighted by molar-refractivity contribution is -0.139. The summed E-state index contributed by atoms with van der Waals surface area (Å²) >= 11 is 0. The van der Waals surface area contributed by atoms with Gasteiger partial charge >= 0.3 is 5.97 Å². The van der Waals surface area contributed by atoms with Gasteiger partial charge in [-0.15, -0.1) is 0 Å². The van der Waals surface area contributed by atoms with Gasteiger partial charge in [-0.25, -0.2) is 4.79 Å². The summed E-state index contributed by atoms with van der Waals surface area (Å²) in [6.45, 7) is 1.77. The second-order valence-corrected chi connectivity index (χ2v) is 4.16. The lowest BCUT2D eigenvalue weighted by atomic mass is 10.1.